The van der Waals surface area contributed by atoms with Gasteiger partial charge in [-0.15, -0.1) is 0 Å². The molecule has 24 heavy (non-hydrogen) atoms. The number of benzene rings is 2. The molecule has 0 aliphatic rings. The van der Waals surface area contributed by atoms with E-state index in [9.17, 15) is 0 Å². The van der Waals surface area contributed by atoms with Crippen molar-refractivity contribution >= 4 is 11.6 Å². The van der Waals surface area contributed by atoms with Crippen molar-refractivity contribution in [3.63, 3.8) is 0 Å². The Hall–Kier alpha value is -3.40. The summed E-state index contributed by atoms with van der Waals surface area (Å²) in [6, 6.07) is 18.8. The Morgan fingerprint density at radius 1 is 0.708 bits per heavy atom. The predicted octanol–water partition coefficient (Wildman–Crippen LogP) is 4.39. The molecule has 0 saturated carbocycles. The molecule has 4 heteroatoms. The van der Waals surface area contributed by atoms with Gasteiger partial charge in [-0.1, -0.05) is 54.6 Å². The average molecular weight is 312 g/mol. The van der Waals surface area contributed by atoms with E-state index in [2.05, 4.69) is 74.5 Å². The van der Waals surface area contributed by atoms with Gasteiger partial charge in [-0.2, -0.15) is 0 Å². The molecule has 4 aromatic rings. The van der Waals surface area contributed by atoms with Crippen LogP contribution in [-0.2, 0) is 0 Å². The average Bonchev–Trinajstić information content (AvgIpc) is 3.35. The lowest BCUT2D eigenvalue weighted by Gasteiger charge is -2.04. The number of aromatic amines is 2. The highest BCUT2D eigenvalue weighted by molar-refractivity contribution is 5.86. The van der Waals surface area contributed by atoms with Gasteiger partial charge in [0.05, 0.1) is 5.57 Å². The van der Waals surface area contributed by atoms with Crippen LogP contribution in [0.3, 0.4) is 0 Å². The Morgan fingerprint density at radius 2 is 1.29 bits per heavy atom. The molecule has 0 bridgehead atoms. The van der Waals surface area contributed by atoms with Gasteiger partial charge in [0.1, 0.15) is 11.6 Å². The third kappa shape index (κ3) is 2.90. The molecular weight excluding hydrogens is 296 g/mol. The molecule has 4 rings (SSSR count). The summed E-state index contributed by atoms with van der Waals surface area (Å²) >= 11 is 0. The summed E-state index contributed by atoms with van der Waals surface area (Å²) in [7, 11) is 0. The molecule has 0 radical (unpaired) electrons. The molecule has 0 aliphatic carbocycles. The fraction of sp³-hybridized carbons (Fsp3) is 0. The Bertz CT molecular complexity index is 883. The van der Waals surface area contributed by atoms with E-state index >= 15 is 0 Å². The molecule has 0 aliphatic heterocycles. The molecule has 0 atom stereocenters. The number of imidazole rings is 2. The van der Waals surface area contributed by atoms with E-state index in [0.717, 1.165) is 22.8 Å². The minimum Gasteiger partial charge on any atom is -0.345 e. The number of aromatic nitrogens is 4. The smallest absolute Gasteiger partial charge is 0.141 e. The lowest BCUT2D eigenvalue weighted by molar-refractivity contribution is 1.17. The van der Waals surface area contributed by atoms with E-state index in [1.807, 2.05) is 18.5 Å². The van der Waals surface area contributed by atoms with Crippen LogP contribution in [0.25, 0.3) is 22.8 Å². The molecular formula is C20H16N4. The zero-order valence-electron chi connectivity index (χ0n) is 13.0. The van der Waals surface area contributed by atoms with Gasteiger partial charge in [0.2, 0.25) is 0 Å². The van der Waals surface area contributed by atoms with Crippen molar-refractivity contribution in [1.82, 2.24) is 19.9 Å². The number of H-pyrrole nitrogens is 2. The van der Waals surface area contributed by atoms with Gasteiger partial charge in [-0.3, -0.25) is 0 Å². The summed E-state index contributed by atoms with van der Waals surface area (Å²) in [5.74, 6) is 1.58. The second-order valence-corrected chi connectivity index (χ2v) is 5.42. The summed E-state index contributed by atoms with van der Waals surface area (Å²) in [6.45, 7) is 0. The van der Waals surface area contributed by atoms with Gasteiger partial charge in [0.25, 0.3) is 0 Å². The fourth-order valence-corrected chi connectivity index (χ4v) is 2.64. The maximum Gasteiger partial charge on any atom is 0.141 e. The highest BCUT2D eigenvalue weighted by atomic mass is 14.9. The normalized spacial score (nSPS) is 10.5. The maximum atomic E-state index is 4.35. The molecule has 0 amide bonds. The van der Waals surface area contributed by atoms with Crippen molar-refractivity contribution in [3.05, 3.63) is 96.6 Å². The lowest BCUT2D eigenvalue weighted by atomic mass is 10.0. The van der Waals surface area contributed by atoms with Gasteiger partial charge < -0.3 is 9.97 Å². The van der Waals surface area contributed by atoms with E-state index in [0.29, 0.717) is 0 Å². The molecule has 2 N–H and O–H groups in total. The molecule has 0 unspecified atom stereocenters. The minimum atomic E-state index is 0.789. The number of hydrogen-bond donors (Lipinski definition) is 2. The number of rotatable bonds is 4. The predicted molar refractivity (Wildman–Crippen MR) is 96.0 cm³/mol. The third-order valence-corrected chi connectivity index (χ3v) is 3.84. The zero-order valence-corrected chi connectivity index (χ0v) is 13.0. The molecule has 2 heterocycles. The quantitative estimate of drug-likeness (QED) is 0.587. The standard InChI is InChI=1S/C20H16N4/c1-2-4-16(5-3-1)17-8-6-15(7-9-17)14-18(19-21-10-11-22-19)20-23-12-13-24-20/h1-14H,(H,21,22)(H,23,24). The van der Waals surface area contributed by atoms with Gasteiger partial charge >= 0.3 is 0 Å². The first-order valence-corrected chi connectivity index (χ1v) is 7.77. The molecule has 4 nitrogen and oxygen atoms in total. The van der Waals surface area contributed by atoms with Gasteiger partial charge in [0.15, 0.2) is 0 Å². The largest absolute Gasteiger partial charge is 0.345 e. The first-order chi connectivity index (χ1) is 11.9. The first-order valence-electron chi connectivity index (χ1n) is 7.77. The van der Waals surface area contributed by atoms with Crippen LogP contribution in [0.4, 0.5) is 0 Å². The Kier molecular flexibility index (Phi) is 3.78. The van der Waals surface area contributed by atoms with Crippen LogP contribution in [0.1, 0.15) is 17.2 Å². The number of nitrogens with zero attached hydrogens (tertiary/aromatic N) is 2. The van der Waals surface area contributed by atoms with Crippen LogP contribution >= 0.6 is 0 Å². The molecule has 0 fully saturated rings. The fourth-order valence-electron chi connectivity index (χ4n) is 2.64. The molecule has 2 aromatic heterocycles. The van der Waals surface area contributed by atoms with Crippen molar-refractivity contribution in [3.8, 4) is 11.1 Å². The van der Waals surface area contributed by atoms with Crippen LogP contribution < -0.4 is 0 Å². The second-order valence-electron chi connectivity index (χ2n) is 5.42. The van der Waals surface area contributed by atoms with Crippen molar-refractivity contribution < 1.29 is 0 Å². The summed E-state index contributed by atoms with van der Waals surface area (Å²) in [6.07, 6.45) is 9.18. The summed E-state index contributed by atoms with van der Waals surface area (Å²) < 4.78 is 0. The van der Waals surface area contributed by atoms with Crippen LogP contribution in [0, 0.1) is 0 Å². The Balaban J connectivity index is 1.70. The SMILES string of the molecule is C(=C(c1ncc[nH]1)c1ncc[nH]1)c1ccc(-c2ccccc2)cc1. The molecule has 0 saturated heterocycles. The maximum absolute atomic E-state index is 4.35. The molecule has 0 spiro atoms. The van der Waals surface area contributed by atoms with Crippen molar-refractivity contribution in [2.75, 3.05) is 0 Å². The van der Waals surface area contributed by atoms with Gasteiger partial charge in [-0.25, -0.2) is 9.97 Å². The second kappa shape index (κ2) is 6.38. The monoisotopic (exact) mass is 312 g/mol. The topological polar surface area (TPSA) is 57.4 Å². The highest BCUT2D eigenvalue weighted by Gasteiger charge is 2.10. The van der Waals surface area contributed by atoms with Gasteiger partial charge in [-0.05, 0) is 22.8 Å². The van der Waals surface area contributed by atoms with Crippen molar-refractivity contribution in [2.45, 2.75) is 0 Å². The Labute approximate surface area is 140 Å². The zero-order chi connectivity index (χ0) is 16.2. The van der Waals surface area contributed by atoms with Crippen molar-refractivity contribution in [2.24, 2.45) is 0 Å². The molecule has 116 valence electrons. The number of nitrogens with one attached hydrogen (secondary N) is 2. The van der Waals surface area contributed by atoms with Crippen LogP contribution in [0.15, 0.2) is 79.4 Å². The van der Waals surface area contributed by atoms with Crippen LogP contribution in [0.2, 0.25) is 0 Å². The minimum absolute atomic E-state index is 0.789. The lowest BCUT2D eigenvalue weighted by Crippen LogP contribution is -1.93. The van der Waals surface area contributed by atoms with E-state index in [-0.39, 0.29) is 0 Å². The molecule has 2 aromatic carbocycles. The Morgan fingerprint density at radius 3 is 1.83 bits per heavy atom. The van der Waals surface area contributed by atoms with E-state index in [1.54, 1.807) is 12.4 Å². The third-order valence-electron chi connectivity index (χ3n) is 3.84. The first kappa shape index (κ1) is 14.2. The summed E-state index contributed by atoms with van der Waals surface area (Å²) in [5.41, 5.74) is 4.44. The van der Waals surface area contributed by atoms with Crippen LogP contribution in [-0.4, -0.2) is 19.9 Å². The summed E-state index contributed by atoms with van der Waals surface area (Å²) in [5, 5.41) is 0. The summed E-state index contributed by atoms with van der Waals surface area (Å²) in [4.78, 5) is 15.0. The van der Waals surface area contributed by atoms with E-state index in [4.69, 9.17) is 0 Å². The number of hydrogen-bond acceptors (Lipinski definition) is 2. The van der Waals surface area contributed by atoms with E-state index in [1.165, 1.54) is 11.1 Å². The van der Waals surface area contributed by atoms with Crippen molar-refractivity contribution in [1.29, 1.82) is 0 Å². The highest BCUT2D eigenvalue weighted by Crippen LogP contribution is 2.23. The van der Waals surface area contributed by atoms with Crippen LogP contribution in [0.5, 0.6) is 0 Å². The van der Waals surface area contributed by atoms with E-state index < -0.39 is 0 Å². The van der Waals surface area contributed by atoms with Gasteiger partial charge in [0, 0.05) is 24.8 Å².